The number of sulfonamides is 1. The van der Waals surface area contributed by atoms with E-state index in [1.807, 2.05) is 37.6 Å². The molecule has 4 amide bonds. The molecule has 3 N–H and O–H groups in total. The fourth-order valence-electron chi connectivity index (χ4n) is 9.83. The van der Waals surface area contributed by atoms with Crippen molar-refractivity contribution in [1.29, 1.82) is 0 Å². The topological polar surface area (TPSA) is 233 Å². The third-order valence-electron chi connectivity index (χ3n) is 13.6. The molecule has 3 aromatic carbocycles. The molecule has 368 valence electrons. The molecule has 3 aromatic heterocycles. The second-order valence-corrected chi connectivity index (χ2v) is 21.0. The van der Waals surface area contributed by atoms with Crippen LogP contribution in [-0.2, 0) is 26.7 Å². The molecular formula is C48H51BrN14O7S. The number of piperidine rings is 2. The number of halogens is 1. The number of anilines is 7. The minimum Gasteiger partial charge on any atom is -0.494 e. The van der Waals surface area contributed by atoms with E-state index in [-0.39, 0.29) is 29.9 Å². The van der Waals surface area contributed by atoms with Gasteiger partial charge in [0.05, 0.1) is 52.1 Å². The number of carbonyl (C=O) groups excluding carboxylic acids is 4. The molecular weight excluding hydrogens is 997 g/mol. The van der Waals surface area contributed by atoms with Crippen LogP contribution in [-0.4, -0.2) is 144 Å². The highest BCUT2D eigenvalue weighted by Crippen LogP contribution is 2.43. The molecule has 3 fully saturated rings. The molecule has 1 unspecified atom stereocenters. The summed E-state index contributed by atoms with van der Waals surface area (Å²) in [5.41, 5.74) is 6.65. The number of nitrogens with one attached hydrogen (secondary N) is 3. The smallest absolute Gasteiger partial charge is 0.262 e. The lowest BCUT2D eigenvalue weighted by atomic mass is 9.94. The maximum absolute atomic E-state index is 13.5. The van der Waals surface area contributed by atoms with Crippen molar-refractivity contribution < 1.29 is 32.3 Å². The number of amides is 4. The maximum Gasteiger partial charge on any atom is 0.262 e. The lowest BCUT2D eigenvalue weighted by Gasteiger charge is -2.40. The zero-order valence-corrected chi connectivity index (χ0v) is 41.8. The number of imide groups is 2. The molecule has 0 saturated carbocycles. The molecule has 4 aliphatic rings. The van der Waals surface area contributed by atoms with Crippen LogP contribution in [0.2, 0.25) is 0 Å². The molecule has 71 heavy (non-hydrogen) atoms. The third kappa shape index (κ3) is 9.43. The third-order valence-corrected chi connectivity index (χ3v) is 15.4. The number of methoxy groups -OCH3 is 1. The average molecular weight is 1050 g/mol. The Balaban J connectivity index is 0.806. The number of fused-ring (bicyclic) bond motifs is 2. The summed E-state index contributed by atoms with van der Waals surface area (Å²) in [6.45, 7) is 5.87. The Morgan fingerprint density at radius 2 is 1.61 bits per heavy atom. The zero-order valence-electron chi connectivity index (χ0n) is 39.4. The molecule has 10 rings (SSSR count). The van der Waals surface area contributed by atoms with Gasteiger partial charge in [-0.15, -0.1) is 0 Å². The number of carbonyl (C=O) groups is 4. The summed E-state index contributed by atoms with van der Waals surface area (Å²) in [5.74, 6) is -0.320. The van der Waals surface area contributed by atoms with Crippen LogP contribution in [0.3, 0.4) is 0 Å². The van der Waals surface area contributed by atoms with E-state index in [9.17, 15) is 27.6 Å². The lowest BCUT2D eigenvalue weighted by Crippen LogP contribution is -2.54. The Bertz CT molecular complexity index is 3230. The SMILES string of the molecule is COc1cc(N2CCC(CN3CCN(c4ccc5c(c4)C(=O)N(C4CCC(=O)NC4=O)C5=O)CC3)CC2)c(-c2cnn(C)c2)cc1Nc1ncc(Br)c(Nc2ccc3nccnc3c2N(C)S(C)(=O)=O)n1. The summed E-state index contributed by atoms with van der Waals surface area (Å²) < 4.78 is 35.1. The van der Waals surface area contributed by atoms with Gasteiger partial charge in [0.1, 0.15) is 28.8 Å². The molecule has 0 spiro atoms. The van der Waals surface area contributed by atoms with Crippen LogP contribution >= 0.6 is 15.9 Å². The number of benzene rings is 3. The van der Waals surface area contributed by atoms with Gasteiger partial charge in [-0.05, 0) is 77.5 Å². The monoisotopic (exact) mass is 1050 g/mol. The second kappa shape index (κ2) is 19.2. The Kier molecular flexibility index (Phi) is 12.8. The van der Waals surface area contributed by atoms with E-state index in [0.717, 1.165) is 96.6 Å². The summed E-state index contributed by atoms with van der Waals surface area (Å²) >= 11 is 3.56. The molecule has 1 atom stereocenters. The highest BCUT2D eigenvalue weighted by atomic mass is 79.9. The van der Waals surface area contributed by atoms with Crippen molar-refractivity contribution in [3.05, 3.63) is 89.0 Å². The fraction of sp³-hybridized carbons (Fsp3) is 0.354. The summed E-state index contributed by atoms with van der Waals surface area (Å²) in [7, 11) is 1.30. The van der Waals surface area contributed by atoms with Crippen LogP contribution in [0.5, 0.6) is 5.75 Å². The van der Waals surface area contributed by atoms with E-state index in [1.165, 1.54) is 13.2 Å². The van der Waals surface area contributed by atoms with Gasteiger partial charge in [-0.3, -0.25) is 53.2 Å². The van der Waals surface area contributed by atoms with Crippen molar-refractivity contribution >= 4 is 101 Å². The van der Waals surface area contributed by atoms with Gasteiger partial charge < -0.3 is 25.2 Å². The van der Waals surface area contributed by atoms with Gasteiger partial charge in [0, 0.05) is 120 Å². The standard InChI is InChI=1S/C48H51BrN14O7S/c1-58-27-29(24-53-58)32-22-37(55-48-52-25-34(49)44(57-48)54-36-8-7-35-42(51-14-13-50-35)43(36)59(2)71(4,68)69)40(70-3)23-39(32)62-15-11-28(12-16-62)26-60-17-19-61(20-18-60)30-5-6-31-33(21-30)47(67)63(46(31)66)38-9-10-41(64)56-45(38)65/h5-8,13-14,21-25,27-28,38H,9-12,15-20,26H2,1-4H3,(H,56,64,65)(H2,52,54,55,57). The molecule has 23 heteroatoms. The van der Waals surface area contributed by atoms with Crippen molar-refractivity contribution in [2.75, 3.05) is 91.0 Å². The Morgan fingerprint density at radius 3 is 2.32 bits per heavy atom. The molecule has 3 saturated heterocycles. The van der Waals surface area contributed by atoms with Gasteiger partial charge >= 0.3 is 0 Å². The van der Waals surface area contributed by atoms with E-state index >= 15 is 0 Å². The number of rotatable bonds is 13. The molecule has 0 aliphatic carbocycles. The largest absolute Gasteiger partial charge is 0.494 e. The number of ether oxygens (including phenoxy) is 1. The van der Waals surface area contributed by atoms with Crippen LogP contribution in [0.1, 0.15) is 46.4 Å². The van der Waals surface area contributed by atoms with Gasteiger partial charge in [-0.2, -0.15) is 10.1 Å². The number of hydrogen-bond acceptors (Lipinski definition) is 17. The van der Waals surface area contributed by atoms with Gasteiger partial charge in [0.2, 0.25) is 27.8 Å². The quantitative estimate of drug-likeness (QED) is 0.130. The van der Waals surface area contributed by atoms with Crippen molar-refractivity contribution in [2.24, 2.45) is 13.0 Å². The molecule has 21 nitrogen and oxygen atoms in total. The fourth-order valence-corrected chi connectivity index (χ4v) is 10.6. The van der Waals surface area contributed by atoms with Gasteiger partial charge in [-0.1, -0.05) is 0 Å². The van der Waals surface area contributed by atoms with Crippen LogP contribution in [0.25, 0.3) is 22.2 Å². The van der Waals surface area contributed by atoms with E-state index in [0.29, 0.717) is 50.1 Å². The maximum atomic E-state index is 13.5. The first-order chi connectivity index (χ1) is 34.1. The summed E-state index contributed by atoms with van der Waals surface area (Å²) in [4.78, 5) is 77.3. The van der Waals surface area contributed by atoms with E-state index in [1.54, 1.807) is 48.5 Å². The minimum atomic E-state index is -3.68. The highest BCUT2D eigenvalue weighted by Gasteiger charge is 2.45. The first-order valence-corrected chi connectivity index (χ1v) is 25.8. The van der Waals surface area contributed by atoms with Crippen LogP contribution < -0.4 is 34.8 Å². The number of nitrogens with zero attached hydrogens (tertiary/aromatic N) is 11. The van der Waals surface area contributed by atoms with Crippen molar-refractivity contribution in [2.45, 2.75) is 31.7 Å². The summed E-state index contributed by atoms with van der Waals surface area (Å²) in [6, 6.07) is 11.9. The predicted octanol–water partition coefficient (Wildman–Crippen LogP) is 4.91. The second-order valence-electron chi connectivity index (χ2n) is 18.1. The number of piperazine rings is 1. The first-order valence-electron chi connectivity index (χ1n) is 23.2. The molecule has 0 radical (unpaired) electrons. The summed E-state index contributed by atoms with van der Waals surface area (Å²) in [6.07, 6.45) is 11.8. The molecule has 4 aliphatic heterocycles. The molecule has 0 bridgehead atoms. The normalized spacial score (nSPS) is 18.0. The van der Waals surface area contributed by atoms with Crippen LogP contribution in [0, 0.1) is 5.92 Å². The lowest BCUT2D eigenvalue weighted by molar-refractivity contribution is -0.136. The van der Waals surface area contributed by atoms with Crippen molar-refractivity contribution in [3.63, 3.8) is 0 Å². The van der Waals surface area contributed by atoms with Crippen LogP contribution in [0.15, 0.2) is 77.9 Å². The van der Waals surface area contributed by atoms with Gasteiger partial charge in [0.15, 0.2) is 0 Å². The van der Waals surface area contributed by atoms with E-state index in [4.69, 9.17) is 9.72 Å². The minimum absolute atomic E-state index is 0.0749. The number of hydrogen-bond donors (Lipinski definition) is 3. The Morgan fingerprint density at radius 1 is 0.845 bits per heavy atom. The van der Waals surface area contributed by atoms with Crippen LogP contribution in [0.4, 0.5) is 40.2 Å². The zero-order chi connectivity index (χ0) is 49.7. The molecule has 7 heterocycles. The predicted molar refractivity (Wildman–Crippen MR) is 271 cm³/mol. The first kappa shape index (κ1) is 47.4. The number of aromatic nitrogens is 6. The number of aryl methyl sites for hydroxylation is 1. The van der Waals surface area contributed by atoms with E-state index < -0.39 is 39.7 Å². The Hall–Kier alpha value is -7.24. The average Bonchev–Trinajstić information content (AvgIpc) is 3.90. The Labute approximate surface area is 417 Å². The van der Waals surface area contributed by atoms with E-state index in [2.05, 4.69) is 66.6 Å². The van der Waals surface area contributed by atoms with Crippen molar-refractivity contribution in [1.82, 2.24) is 44.8 Å². The van der Waals surface area contributed by atoms with Gasteiger partial charge in [-0.25, -0.2) is 13.4 Å². The molecule has 6 aromatic rings. The summed E-state index contributed by atoms with van der Waals surface area (Å²) in [5, 5.41) is 13.4. The van der Waals surface area contributed by atoms with Crippen molar-refractivity contribution in [3.8, 4) is 16.9 Å². The van der Waals surface area contributed by atoms with Gasteiger partial charge in [0.25, 0.3) is 11.8 Å². The highest BCUT2D eigenvalue weighted by molar-refractivity contribution is 9.10.